The molecule has 1 N–H and O–H groups in total. The van der Waals surface area contributed by atoms with Crippen LogP contribution in [-0.2, 0) is 9.53 Å². The molecule has 0 saturated carbocycles. The third kappa shape index (κ3) is 3.08. The largest absolute Gasteiger partial charge is 0.479 e. The molecular weight excluding hydrogens is 246 g/mol. The van der Waals surface area contributed by atoms with E-state index < -0.39 is 23.2 Å². The molecule has 1 rings (SSSR count). The number of rotatable bonds is 2. The van der Waals surface area contributed by atoms with Gasteiger partial charge in [-0.2, -0.15) is 0 Å². The van der Waals surface area contributed by atoms with E-state index in [0.29, 0.717) is 13.0 Å². The zero-order chi connectivity index (χ0) is 14.8. The number of hydrogen-bond acceptors (Lipinski definition) is 3. The molecule has 1 aliphatic heterocycles. The topological polar surface area (TPSA) is 66.8 Å². The monoisotopic (exact) mass is 269 g/mol. The molecule has 2 atom stereocenters. The lowest BCUT2D eigenvalue weighted by Crippen LogP contribution is -2.62. The van der Waals surface area contributed by atoms with Crippen molar-refractivity contribution in [3.63, 3.8) is 0 Å². The maximum absolute atomic E-state index is 12.2. The average molecular weight is 269 g/mol. The zero-order valence-corrected chi connectivity index (χ0v) is 12.1. The summed E-state index contributed by atoms with van der Waals surface area (Å²) in [6, 6.07) is 0. The Morgan fingerprint density at radius 2 is 2.05 bits per heavy atom. The Bertz CT molecular complexity index is 385. The van der Waals surface area contributed by atoms with E-state index in [1.165, 1.54) is 4.90 Å². The lowest BCUT2D eigenvalue weighted by molar-refractivity contribution is -0.155. The molecule has 0 aromatic carbocycles. The average Bonchev–Trinajstić information content (AvgIpc) is 2.26. The van der Waals surface area contributed by atoms with Crippen LogP contribution in [0.5, 0.6) is 0 Å². The fourth-order valence-electron chi connectivity index (χ4n) is 2.40. The van der Waals surface area contributed by atoms with Gasteiger partial charge in [0.25, 0.3) is 0 Å². The smallest absolute Gasteiger partial charge is 0.411 e. The van der Waals surface area contributed by atoms with Gasteiger partial charge in [0.2, 0.25) is 0 Å². The number of ether oxygens (including phenoxy) is 1. The van der Waals surface area contributed by atoms with E-state index in [4.69, 9.17) is 4.74 Å². The molecule has 1 amide bonds. The Labute approximate surface area is 114 Å². The third-order valence-corrected chi connectivity index (χ3v) is 3.51. The summed E-state index contributed by atoms with van der Waals surface area (Å²) < 4.78 is 5.30. The highest BCUT2D eigenvalue weighted by Crippen LogP contribution is 2.35. The zero-order valence-electron chi connectivity index (χ0n) is 12.1. The lowest BCUT2D eigenvalue weighted by Gasteiger charge is -2.45. The highest BCUT2D eigenvalue weighted by Gasteiger charge is 2.50. The summed E-state index contributed by atoms with van der Waals surface area (Å²) in [5, 5.41) is 9.52. The van der Waals surface area contributed by atoms with Crippen LogP contribution in [0.4, 0.5) is 4.79 Å². The molecule has 0 bridgehead atoms. The van der Waals surface area contributed by atoms with E-state index in [0.717, 1.165) is 6.42 Å². The number of aliphatic carboxylic acids is 1. The van der Waals surface area contributed by atoms with Gasteiger partial charge in [0.05, 0.1) is 0 Å². The predicted molar refractivity (Wildman–Crippen MR) is 71.9 cm³/mol. The quantitative estimate of drug-likeness (QED) is 0.783. The first kappa shape index (κ1) is 15.5. The van der Waals surface area contributed by atoms with Crippen molar-refractivity contribution in [2.75, 3.05) is 6.54 Å². The van der Waals surface area contributed by atoms with Crippen molar-refractivity contribution in [3.05, 3.63) is 12.7 Å². The minimum atomic E-state index is -1.29. The fourth-order valence-corrected chi connectivity index (χ4v) is 2.40. The highest BCUT2D eigenvalue weighted by atomic mass is 16.6. The second kappa shape index (κ2) is 5.23. The van der Waals surface area contributed by atoms with Crippen LogP contribution in [0.2, 0.25) is 0 Å². The fraction of sp³-hybridized carbons (Fsp3) is 0.714. The molecule has 5 nitrogen and oxygen atoms in total. The molecule has 0 unspecified atom stereocenters. The van der Waals surface area contributed by atoms with Gasteiger partial charge in [-0.1, -0.05) is 6.08 Å². The Hall–Kier alpha value is -1.52. The van der Waals surface area contributed by atoms with Crippen LogP contribution in [0.15, 0.2) is 12.7 Å². The van der Waals surface area contributed by atoms with Gasteiger partial charge < -0.3 is 9.84 Å². The second-order valence-corrected chi connectivity index (χ2v) is 6.07. The maximum atomic E-state index is 12.2. The van der Waals surface area contributed by atoms with Crippen molar-refractivity contribution in [1.82, 2.24) is 4.90 Å². The van der Waals surface area contributed by atoms with Gasteiger partial charge in [-0.15, -0.1) is 6.58 Å². The van der Waals surface area contributed by atoms with Gasteiger partial charge in [0.1, 0.15) is 11.1 Å². The molecule has 0 aromatic rings. The first-order valence-corrected chi connectivity index (χ1v) is 6.49. The van der Waals surface area contributed by atoms with E-state index >= 15 is 0 Å². The molecule has 1 fully saturated rings. The SMILES string of the molecule is C=C[C@@H]1CCCN(C(=O)OC(C)(C)C)[C@]1(C)C(=O)O. The van der Waals surface area contributed by atoms with Crippen molar-refractivity contribution in [2.24, 2.45) is 5.92 Å². The van der Waals surface area contributed by atoms with Gasteiger partial charge in [-0.3, -0.25) is 4.90 Å². The number of carbonyl (C=O) groups excluding carboxylic acids is 1. The van der Waals surface area contributed by atoms with Gasteiger partial charge in [0, 0.05) is 12.5 Å². The van der Waals surface area contributed by atoms with Crippen molar-refractivity contribution in [2.45, 2.75) is 51.7 Å². The third-order valence-electron chi connectivity index (χ3n) is 3.51. The van der Waals surface area contributed by atoms with E-state index in [1.807, 2.05) is 0 Å². The molecule has 19 heavy (non-hydrogen) atoms. The summed E-state index contributed by atoms with van der Waals surface area (Å²) in [7, 11) is 0. The minimum absolute atomic E-state index is 0.272. The summed E-state index contributed by atoms with van der Waals surface area (Å²) >= 11 is 0. The van der Waals surface area contributed by atoms with Gasteiger partial charge in [-0.05, 0) is 40.5 Å². The van der Waals surface area contributed by atoms with Crippen LogP contribution in [0.3, 0.4) is 0 Å². The number of piperidine rings is 1. The number of hydrogen-bond donors (Lipinski definition) is 1. The number of likely N-dealkylation sites (tertiary alicyclic amines) is 1. The van der Waals surface area contributed by atoms with E-state index in [9.17, 15) is 14.7 Å². The van der Waals surface area contributed by atoms with E-state index in [1.54, 1.807) is 33.8 Å². The molecule has 0 radical (unpaired) electrons. The van der Waals surface area contributed by atoms with Crippen molar-refractivity contribution >= 4 is 12.1 Å². The highest BCUT2D eigenvalue weighted by molar-refractivity contribution is 5.85. The molecular formula is C14H23NO4. The Morgan fingerprint density at radius 1 is 1.47 bits per heavy atom. The van der Waals surface area contributed by atoms with Gasteiger partial charge in [0.15, 0.2) is 0 Å². The molecule has 0 spiro atoms. The van der Waals surface area contributed by atoms with Gasteiger partial charge >= 0.3 is 12.1 Å². The summed E-state index contributed by atoms with van der Waals surface area (Å²) in [5.41, 5.74) is -1.93. The number of nitrogens with zero attached hydrogens (tertiary/aromatic N) is 1. The summed E-state index contributed by atoms with van der Waals surface area (Å²) in [4.78, 5) is 25.1. The van der Waals surface area contributed by atoms with Crippen LogP contribution in [-0.4, -0.2) is 39.8 Å². The van der Waals surface area contributed by atoms with E-state index in [2.05, 4.69) is 6.58 Å². The van der Waals surface area contributed by atoms with Gasteiger partial charge in [-0.25, -0.2) is 9.59 Å². The number of carbonyl (C=O) groups is 2. The maximum Gasteiger partial charge on any atom is 0.411 e. The molecule has 5 heteroatoms. The van der Waals surface area contributed by atoms with Crippen LogP contribution in [0, 0.1) is 5.92 Å². The number of amides is 1. The van der Waals surface area contributed by atoms with Crippen LogP contribution < -0.4 is 0 Å². The minimum Gasteiger partial charge on any atom is -0.479 e. The standard InChI is InChI=1S/C14H23NO4/c1-6-10-8-7-9-15(14(10,5)11(16)17)12(18)19-13(2,3)4/h6,10H,1,7-9H2,2-5H3,(H,16,17)/t10-,14+/m1/s1. The number of carboxylic acids is 1. The Balaban J connectivity index is 3.05. The van der Waals surface area contributed by atoms with Crippen LogP contribution in [0.1, 0.15) is 40.5 Å². The van der Waals surface area contributed by atoms with Crippen molar-refractivity contribution in [3.8, 4) is 0 Å². The second-order valence-electron chi connectivity index (χ2n) is 6.07. The molecule has 1 aliphatic rings. The predicted octanol–water partition coefficient (Wildman–Crippen LogP) is 2.66. The lowest BCUT2D eigenvalue weighted by atomic mass is 9.78. The summed E-state index contributed by atoms with van der Waals surface area (Å²) in [5.74, 6) is -1.30. The first-order chi connectivity index (χ1) is 8.63. The van der Waals surface area contributed by atoms with E-state index in [-0.39, 0.29) is 5.92 Å². The van der Waals surface area contributed by atoms with Crippen molar-refractivity contribution in [1.29, 1.82) is 0 Å². The molecule has 0 aromatic heterocycles. The molecule has 1 saturated heterocycles. The van der Waals surface area contributed by atoms with Crippen LogP contribution in [0.25, 0.3) is 0 Å². The molecule has 108 valence electrons. The summed E-state index contributed by atoms with van der Waals surface area (Å²) in [6.45, 7) is 10.9. The summed E-state index contributed by atoms with van der Waals surface area (Å²) in [6.07, 6.45) is 2.50. The van der Waals surface area contributed by atoms with Crippen LogP contribution >= 0.6 is 0 Å². The molecule has 0 aliphatic carbocycles. The number of carboxylic acid groups (broad SMARTS) is 1. The van der Waals surface area contributed by atoms with Crippen molar-refractivity contribution < 1.29 is 19.4 Å². The first-order valence-electron chi connectivity index (χ1n) is 6.49. The Morgan fingerprint density at radius 3 is 2.47 bits per heavy atom. The molecule has 1 heterocycles. The normalized spacial score (nSPS) is 27.8. The Kier molecular flexibility index (Phi) is 4.28.